The van der Waals surface area contributed by atoms with E-state index in [2.05, 4.69) is 57.6 Å². The van der Waals surface area contributed by atoms with Crippen molar-refractivity contribution in [1.82, 2.24) is 9.78 Å². The Hall–Kier alpha value is -4.07. The lowest BCUT2D eigenvalue weighted by Crippen LogP contribution is -2.21. The molecule has 4 aromatic rings. The van der Waals surface area contributed by atoms with Gasteiger partial charge in [-0.3, -0.25) is 14.3 Å². The lowest BCUT2D eigenvalue weighted by Gasteiger charge is -2.24. The minimum Gasteiger partial charge on any atom is -0.478 e. The van der Waals surface area contributed by atoms with Gasteiger partial charge in [0, 0.05) is 18.8 Å². The van der Waals surface area contributed by atoms with Gasteiger partial charge in [0.1, 0.15) is 46.9 Å². The van der Waals surface area contributed by atoms with Gasteiger partial charge in [-0.15, -0.1) is 0 Å². The molecule has 54 heavy (non-hydrogen) atoms. The second-order valence-corrected chi connectivity index (χ2v) is 13.4. The van der Waals surface area contributed by atoms with Crippen LogP contribution < -0.4 is 0 Å². The summed E-state index contributed by atoms with van der Waals surface area (Å²) in [6.45, 7) is 4.68. The standard InChI is InChI=1S/C17H17BrF2N2O3.C11H9BrF2O3.C7H3BrF2O2/c1-2-25-17(23)12-9-21-22(10-3-5-24-6-4-10)16(12)11-7-15(20)13(18)8-14(11)19;1-2-17-11(16)5-10(15)6-3-9(14)7(12)4-8(6)13;8-4-2-5(9)3(7(11)12)1-6(4)10/h7-10H,2-6H2,1H3;3-4H,2,5H2,1H3;1-2H,(H,11,12). The molecule has 1 aliphatic rings. The van der Waals surface area contributed by atoms with Crippen LogP contribution in [-0.2, 0) is 19.0 Å². The van der Waals surface area contributed by atoms with Gasteiger partial charge in [0.25, 0.3) is 0 Å². The first-order valence-electron chi connectivity index (χ1n) is 15.7. The number of benzene rings is 3. The Balaban J connectivity index is 0.000000235. The van der Waals surface area contributed by atoms with Crippen LogP contribution in [-0.4, -0.2) is 65.0 Å². The fraction of sp³-hybridized carbons (Fsp3) is 0.286. The molecular weight excluding hydrogens is 930 g/mol. The largest absolute Gasteiger partial charge is 0.478 e. The van der Waals surface area contributed by atoms with E-state index in [4.69, 9.17) is 14.6 Å². The number of halogens is 9. The number of hydrogen-bond acceptors (Lipinski definition) is 8. The Morgan fingerprint density at radius 3 is 1.78 bits per heavy atom. The maximum absolute atomic E-state index is 14.6. The molecule has 10 nitrogen and oxygen atoms in total. The van der Waals surface area contributed by atoms with Gasteiger partial charge in [-0.25, -0.2) is 35.9 Å². The predicted molar refractivity (Wildman–Crippen MR) is 191 cm³/mol. The Kier molecular flexibility index (Phi) is 16.9. The molecule has 0 aliphatic carbocycles. The SMILES string of the molecule is CCOC(=O)CC(=O)c1cc(F)c(Br)cc1F.CCOC(=O)c1cnn(C2CCOCC2)c1-c1cc(F)c(Br)cc1F.O=C(O)c1cc(F)c(Br)cc1F. The zero-order valence-corrected chi connectivity index (χ0v) is 32.9. The highest BCUT2D eigenvalue weighted by molar-refractivity contribution is 9.11. The summed E-state index contributed by atoms with van der Waals surface area (Å²) >= 11 is 8.47. The zero-order chi connectivity index (χ0) is 40.3. The highest BCUT2D eigenvalue weighted by Crippen LogP contribution is 2.34. The molecule has 1 aromatic heterocycles. The topological polar surface area (TPSA) is 134 Å². The van der Waals surface area contributed by atoms with Crippen molar-refractivity contribution < 1.29 is 64.8 Å². The van der Waals surface area contributed by atoms with Gasteiger partial charge in [-0.1, -0.05) is 0 Å². The number of ether oxygens (including phenoxy) is 3. The van der Waals surface area contributed by atoms with Crippen molar-refractivity contribution in [3.63, 3.8) is 0 Å². The van der Waals surface area contributed by atoms with E-state index in [0.29, 0.717) is 32.1 Å². The number of carbonyl (C=O) groups is 4. The number of Topliss-reactive ketones (excluding diaryl/α,β-unsaturated/α-hetero) is 1. The Morgan fingerprint density at radius 2 is 1.24 bits per heavy atom. The van der Waals surface area contributed by atoms with Gasteiger partial charge in [-0.05, 0) is 111 Å². The Bertz CT molecular complexity index is 2030. The molecule has 0 bridgehead atoms. The molecule has 2 heterocycles. The lowest BCUT2D eigenvalue weighted by atomic mass is 10.0. The molecule has 3 aromatic carbocycles. The fourth-order valence-corrected chi connectivity index (χ4v) is 5.71. The van der Waals surface area contributed by atoms with Crippen molar-refractivity contribution in [2.24, 2.45) is 0 Å². The smallest absolute Gasteiger partial charge is 0.341 e. The number of hydrogen-bond donors (Lipinski definition) is 1. The summed E-state index contributed by atoms with van der Waals surface area (Å²) in [5.74, 6) is -8.35. The molecular formula is C35H29Br3F6N2O8. The van der Waals surface area contributed by atoms with Crippen LogP contribution in [0.4, 0.5) is 26.3 Å². The third kappa shape index (κ3) is 11.7. The highest BCUT2D eigenvalue weighted by Gasteiger charge is 2.28. The summed E-state index contributed by atoms with van der Waals surface area (Å²) in [4.78, 5) is 45.0. The van der Waals surface area contributed by atoms with Crippen molar-refractivity contribution in [1.29, 1.82) is 0 Å². The van der Waals surface area contributed by atoms with E-state index in [-0.39, 0.29) is 49.5 Å². The molecule has 0 unspecified atom stereocenters. The number of carbonyl (C=O) groups excluding carboxylic acids is 3. The van der Waals surface area contributed by atoms with Crippen LogP contribution in [0.25, 0.3) is 11.3 Å². The molecule has 290 valence electrons. The fourth-order valence-electron chi connectivity index (χ4n) is 4.76. The second kappa shape index (κ2) is 20.6. The van der Waals surface area contributed by atoms with E-state index < -0.39 is 76.1 Å². The van der Waals surface area contributed by atoms with Crippen molar-refractivity contribution in [3.05, 3.63) is 108 Å². The van der Waals surface area contributed by atoms with Crippen LogP contribution in [0, 0.1) is 34.9 Å². The van der Waals surface area contributed by atoms with Gasteiger partial charge in [0.15, 0.2) is 5.78 Å². The summed E-state index contributed by atoms with van der Waals surface area (Å²) in [6.07, 6.45) is 2.10. The van der Waals surface area contributed by atoms with E-state index in [0.717, 1.165) is 30.3 Å². The molecule has 1 N–H and O–H groups in total. The Morgan fingerprint density at radius 1 is 0.741 bits per heavy atom. The van der Waals surface area contributed by atoms with E-state index in [1.807, 2.05) is 0 Å². The van der Waals surface area contributed by atoms with Crippen molar-refractivity contribution >= 4 is 71.5 Å². The highest BCUT2D eigenvalue weighted by atomic mass is 79.9. The molecule has 1 aliphatic heterocycles. The zero-order valence-electron chi connectivity index (χ0n) is 28.2. The monoisotopic (exact) mass is 956 g/mol. The van der Waals surface area contributed by atoms with E-state index >= 15 is 0 Å². The van der Waals surface area contributed by atoms with Gasteiger partial charge < -0.3 is 19.3 Å². The molecule has 1 fully saturated rings. The van der Waals surface area contributed by atoms with E-state index in [9.17, 15) is 45.5 Å². The first kappa shape index (κ1) is 44.3. The number of esters is 2. The van der Waals surface area contributed by atoms with Crippen molar-refractivity contribution in [3.8, 4) is 11.3 Å². The average molecular weight is 959 g/mol. The summed E-state index contributed by atoms with van der Waals surface area (Å²) in [5, 5.41) is 12.6. The van der Waals surface area contributed by atoms with Crippen LogP contribution in [0.1, 0.15) is 70.2 Å². The van der Waals surface area contributed by atoms with Crippen molar-refractivity contribution in [2.45, 2.75) is 39.2 Å². The quantitative estimate of drug-likeness (QED) is 0.0573. The molecule has 0 spiro atoms. The first-order valence-corrected chi connectivity index (χ1v) is 18.1. The third-order valence-electron chi connectivity index (χ3n) is 7.25. The van der Waals surface area contributed by atoms with Crippen LogP contribution in [0.5, 0.6) is 0 Å². The number of aromatic carboxylic acids is 1. The van der Waals surface area contributed by atoms with Gasteiger partial charge in [0.05, 0.1) is 55.7 Å². The van der Waals surface area contributed by atoms with Crippen LogP contribution >= 0.6 is 47.8 Å². The molecule has 0 radical (unpaired) electrons. The Labute approximate surface area is 329 Å². The average Bonchev–Trinajstić information content (AvgIpc) is 3.56. The molecule has 19 heteroatoms. The number of ketones is 1. The molecule has 0 atom stereocenters. The van der Waals surface area contributed by atoms with Crippen LogP contribution in [0.2, 0.25) is 0 Å². The number of rotatable bonds is 9. The summed E-state index contributed by atoms with van der Waals surface area (Å²) in [5.41, 5.74) is -0.801. The molecule has 5 rings (SSSR count). The second-order valence-electron chi connectivity index (χ2n) is 10.9. The lowest BCUT2D eigenvalue weighted by molar-refractivity contribution is -0.141. The number of carboxylic acid groups (broad SMARTS) is 1. The maximum atomic E-state index is 14.6. The normalized spacial score (nSPS) is 12.5. The van der Waals surface area contributed by atoms with Gasteiger partial charge in [0.2, 0.25) is 0 Å². The molecule has 0 amide bonds. The van der Waals surface area contributed by atoms with E-state index in [1.165, 1.54) is 6.20 Å². The maximum Gasteiger partial charge on any atom is 0.341 e. The molecule has 1 saturated heterocycles. The van der Waals surface area contributed by atoms with Crippen molar-refractivity contribution in [2.75, 3.05) is 26.4 Å². The number of nitrogens with zero attached hydrogens (tertiary/aromatic N) is 2. The molecule has 0 saturated carbocycles. The number of aromatic nitrogens is 2. The third-order valence-corrected chi connectivity index (χ3v) is 9.08. The summed E-state index contributed by atoms with van der Waals surface area (Å²) < 4.78 is 96.8. The van der Waals surface area contributed by atoms with Crippen LogP contribution in [0.15, 0.2) is 56.0 Å². The minimum absolute atomic E-state index is 0.0172. The predicted octanol–water partition coefficient (Wildman–Crippen LogP) is 9.41. The first-order chi connectivity index (χ1) is 25.5. The summed E-state index contributed by atoms with van der Waals surface area (Å²) in [6, 6.07) is 5.04. The van der Waals surface area contributed by atoms with Crippen LogP contribution in [0.3, 0.4) is 0 Å². The minimum atomic E-state index is -1.49. The number of carboxylic acids is 1. The van der Waals surface area contributed by atoms with Gasteiger partial charge >= 0.3 is 17.9 Å². The summed E-state index contributed by atoms with van der Waals surface area (Å²) in [7, 11) is 0. The van der Waals surface area contributed by atoms with E-state index in [1.54, 1.807) is 18.5 Å². The van der Waals surface area contributed by atoms with Gasteiger partial charge in [-0.2, -0.15) is 5.10 Å².